The van der Waals surface area contributed by atoms with Crippen LogP contribution in [0.3, 0.4) is 0 Å². The highest BCUT2D eigenvalue weighted by atomic mass is 19.4. The molecule has 2 saturated heterocycles. The van der Waals surface area contributed by atoms with Gasteiger partial charge in [-0.3, -0.25) is 0 Å². The summed E-state index contributed by atoms with van der Waals surface area (Å²) in [6, 6.07) is 13.8. The Morgan fingerprint density at radius 3 is 1.95 bits per heavy atom. The number of rotatable bonds is 8. The van der Waals surface area contributed by atoms with Crippen molar-refractivity contribution in [1.82, 2.24) is 9.80 Å². The Bertz CT molecular complexity index is 1090. The molecule has 2 aromatic carbocycles. The largest absolute Gasteiger partial charge is 0.395 e. The minimum Gasteiger partial charge on any atom is -0.371 e. The summed E-state index contributed by atoms with van der Waals surface area (Å²) in [5.74, 6) is 0.329. The molecule has 2 nitrogen and oxygen atoms in total. The van der Waals surface area contributed by atoms with Crippen molar-refractivity contribution in [2.75, 3.05) is 32.7 Å². The van der Waals surface area contributed by atoms with Gasteiger partial charge in [0.25, 0.3) is 0 Å². The number of alkyl halides is 3. The molecule has 2 aliphatic heterocycles. The van der Waals surface area contributed by atoms with Crippen molar-refractivity contribution in [3.63, 3.8) is 0 Å². The molecule has 0 atom stereocenters. The maximum absolute atomic E-state index is 15.0. The number of likely N-dealkylation sites (tertiary alicyclic amines) is 2. The van der Waals surface area contributed by atoms with Gasteiger partial charge in [-0.25, -0.2) is 4.39 Å². The van der Waals surface area contributed by atoms with Crippen LogP contribution in [0.25, 0.3) is 16.8 Å². The number of nitrogens with zero attached hydrogens (tertiary/aromatic N) is 2. The van der Waals surface area contributed by atoms with E-state index in [1.165, 1.54) is 12.0 Å². The molecule has 2 aromatic rings. The van der Waals surface area contributed by atoms with Gasteiger partial charge in [0.2, 0.25) is 0 Å². The van der Waals surface area contributed by atoms with Crippen LogP contribution in [0.4, 0.5) is 17.6 Å². The number of benzene rings is 2. The Morgan fingerprint density at radius 1 is 0.833 bits per heavy atom. The predicted octanol–water partition coefficient (Wildman–Crippen LogP) is 10.4. The van der Waals surface area contributed by atoms with E-state index in [9.17, 15) is 13.2 Å². The SMILES string of the molecule is C=C(c1ccc(-c2ccc(CCC3CCN(CC4(C(F)(F)F)CCC4)CC3)cc2)cc1F)N1CCCCC1.CC.CC. The maximum atomic E-state index is 15.0. The summed E-state index contributed by atoms with van der Waals surface area (Å²) >= 11 is 0. The minimum atomic E-state index is -4.08. The lowest BCUT2D eigenvalue weighted by Crippen LogP contribution is -2.53. The summed E-state index contributed by atoms with van der Waals surface area (Å²) in [5.41, 5.74) is 3.01. The van der Waals surface area contributed by atoms with E-state index in [-0.39, 0.29) is 25.2 Å². The molecule has 0 bridgehead atoms. The van der Waals surface area contributed by atoms with Crippen LogP contribution in [0.2, 0.25) is 0 Å². The van der Waals surface area contributed by atoms with Gasteiger partial charge < -0.3 is 9.80 Å². The van der Waals surface area contributed by atoms with Crippen LogP contribution >= 0.6 is 0 Å². The highest BCUT2D eigenvalue weighted by molar-refractivity contribution is 5.69. The van der Waals surface area contributed by atoms with Gasteiger partial charge in [0, 0.05) is 30.9 Å². The zero-order valence-corrected chi connectivity index (χ0v) is 26.3. The first-order valence-corrected chi connectivity index (χ1v) is 16.4. The molecular formula is C36H52F4N2. The van der Waals surface area contributed by atoms with Crippen LogP contribution < -0.4 is 0 Å². The monoisotopic (exact) mass is 588 g/mol. The second kappa shape index (κ2) is 15.9. The minimum absolute atomic E-state index is 0.179. The molecule has 3 aliphatic rings. The van der Waals surface area contributed by atoms with Crippen LogP contribution in [0.1, 0.15) is 96.6 Å². The number of aryl methyl sites for hydroxylation is 1. The molecule has 0 unspecified atom stereocenters. The highest BCUT2D eigenvalue weighted by Crippen LogP contribution is 2.53. The molecule has 0 radical (unpaired) electrons. The first-order valence-electron chi connectivity index (χ1n) is 16.4. The van der Waals surface area contributed by atoms with Gasteiger partial charge in [-0.05, 0) is 106 Å². The lowest BCUT2D eigenvalue weighted by molar-refractivity contribution is -0.256. The average Bonchev–Trinajstić information content (AvgIpc) is 3.00. The Labute approximate surface area is 252 Å². The molecule has 234 valence electrons. The summed E-state index contributed by atoms with van der Waals surface area (Å²) in [4.78, 5) is 4.23. The van der Waals surface area contributed by atoms with E-state index in [4.69, 9.17) is 0 Å². The zero-order chi connectivity index (χ0) is 30.8. The van der Waals surface area contributed by atoms with E-state index in [1.54, 1.807) is 6.07 Å². The van der Waals surface area contributed by atoms with Gasteiger partial charge in [0.15, 0.2) is 0 Å². The molecule has 1 aliphatic carbocycles. The lowest BCUT2D eigenvalue weighted by atomic mass is 9.67. The van der Waals surface area contributed by atoms with Gasteiger partial charge in [-0.15, -0.1) is 0 Å². The standard InChI is InChI=1S/C32H40F4N2.2C2H6/c1-24(38-18-3-2-4-19-38)29-13-12-28(22-30(29)33)27-10-8-25(9-11-27)6-7-26-14-20-37(21-15-26)23-31(16-5-17-31)32(34,35)36;2*1-2/h8-13,22,26H,1-7,14-21,23H2;2*1-2H3. The van der Waals surface area contributed by atoms with Crippen molar-refractivity contribution in [3.8, 4) is 11.1 Å². The van der Waals surface area contributed by atoms with Crippen LogP contribution in [0.5, 0.6) is 0 Å². The van der Waals surface area contributed by atoms with E-state index < -0.39 is 11.6 Å². The number of hydrogen-bond acceptors (Lipinski definition) is 2. The van der Waals surface area contributed by atoms with Gasteiger partial charge in [0.1, 0.15) is 5.82 Å². The zero-order valence-electron chi connectivity index (χ0n) is 26.3. The molecule has 0 N–H and O–H groups in total. The third kappa shape index (κ3) is 8.39. The maximum Gasteiger partial charge on any atom is 0.395 e. The summed E-state index contributed by atoms with van der Waals surface area (Å²) < 4.78 is 55.6. The van der Waals surface area contributed by atoms with Gasteiger partial charge >= 0.3 is 6.18 Å². The van der Waals surface area contributed by atoms with Crippen molar-refractivity contribution >= 4 is 5.70 Å². The fourth-order valence-corrected chi connectivity index (χ4v) is 6.49. The van der Waals surface area contributed by atoms with Crippen LogP contribution in [0, 0.1) is 17.2 Å². The van der Waals surface area contributed by atoms with E-state index in [0.717, 1.165) is 81.5 Å². The van der Waals surface area contributed by atoms with Crippen LogP contribution in [0.15, 0.2) is 49.0 Å². The number of piperidine rings is 2. The number of hydrogen-bond donors (Lipinski definition) is 0. The summed E-state index contributed by atoms with van der Waals surface area (Å²) in [6.45, 7) is 15.8. The molecule has 6 heteroatoms. The van der Waals surface area contributed by atoms with Gasteiger partial charge in [-0.2, -0.15) is 13.2 Å². The third-order valence-electron chi connectivity index (χ3n) is 9.29. The van der Waals surface area contributed by atoms with Crippen molar-refractivity contribution in [1.29, 1.82) is 0 Å². The predicted molar refractivity (Wildman–Crippen MR) is 169 cm³/mol. The van der Waals surface area contributed by atoms with E-state index in [0.29, 0.717) is 17.9 Å². The molecule has 3 fully saturated rings. The van der Waals surface area contributed by atoms with Crippen LogP contribution in [-0.2, 0) is 6.42 Å². The third-order valence-corrected chi connectivity index (χ3v) is 9.29. The highest BCUT2D eigenvalue weighted by Gasteiger charge is 2.58. The van der Waals surface area contributed by atoms with Crippen molar-refractivity contribution < 1.29 is 17.6 Å². The lowest BCUT2D eigenvalue weighted by Gasteiger charge is -2.47. The van der Waals surface area contributed by atoms with Crippen LogP contribution in [-0.4, -0.2) is 48.7 Å². The average molecular weight is 589 g/mol. The first kappa shape index (κ1) is 34.2. The topological polar surface area (TPSA) is 6.48 Å². The molecular weight excluding hydrogens is 536 g/mol. The van der Waals surface area contributed by atoms with Crippen molar-refractivity contribution in [2.24, 2.45) is 11.3 Å². The smallest absolute Gasteiger partial charge is 0.371 e. The quantitative estimate of drug-likeness (QED) is 0.283. The molecule has 2 heterocycles. The summed E-state index contributed by atoms with van der Waals surface area (Å²) in [7, 11) is 0. The van der Waals surface area contributed by atoms with Gasteiger partial charge in [0.05, 0.1) is 5.41 Å². The molecule has 0 amide bonds. The van der Waals surface area contributed by atoms with E-state index in [1.807, 2.05) is 44.7 Å². The Morgan fingerprint density at radius 2 is 1.43 bits per heavy atom. The van der Waals surface area contributed by atoms with Crippen molar-refractivity contribution in [2.45, 2.75) is 98.1 Å². The fourth-order valence-electron chi connectivity index (χ4n) is 6.49. The summed E-state index contributed by atoms with van der Waals surface area (Å²) in [6.07, 6.45) is 4.65. The Hall–Kier alpha value is -2.34. The van der Waals surface area contributed by atoms with E-state index >= 15 is 4.39 Å². The second-order valence-electron chi connectivity index (χ2n) is 11.8. The second-order valence-corrected chi connectivity index (χ2v) is 11.8. The Kier molecular flexibility index (Phi) is 13.0. The van der Waals surface area contributed by atoms with Gasteiger partial charge in [-0.1, -0.05) is 71.0 Å². The fraction of sp³-hybridized carbons (Fsp3) is 0.611. The molecule has 0 spiro atoms. The normalized spacial score (nSPS) is 19.1. The molecule has 5 rings (SSSR count). The molecule has 0 aromatic heterocycles. The summed E-state index contributed by atoms with van der Waals surface area (Å²) in [5, 5.41) is 0. The first-order chi connectivity index (χ1) is 20.2. The van der Waals surface area contributed by atoms with Crippen molar-refractivity contribution in [3.05, 3.63) is 66.0 Å². The Balaban J connectivity index is 0.00000116. The molecule has 1 saturated carbocycles. The van der Waals surface area contributed by atoms with E-state index in [2.05, 4.69) is 35.7 Å². The number of halogens is 4. The molecule has 42 heavy (non-hydrogen) atoms.